The van der Waals surface area contributed by atoms with Crippen LogP contribution in [0.5, 0.6) is 11.5 Å². The van der Waals surface area contributed by atoms with E-state index in [-0.39, 0.29) is 23.3 Å². The van der Waals surface area contributed by atoms with E-state index in [2.05, 4.69) is 40.7 Å². The Bertz CT molecular complexity index is 2120. The van der Waals surface area contributed by atoms with Gasteiger partial charge in [-0.1, -0.05) is 79.2 Å². The van der Waals surface area contributed by atoms with Crippen molar-refractivity contribution < 1.29 is 23.8 Å². The van der Waals surface area contributed by atoms with Crippen LogP contribution in [0.3, 0.4) is 0 Å². The van der Waals surface area contributed by atoms with E-state index in [4.69, 9.17) is 21.1 Å². The quantitative estimate of drug-likeness (QED) is 0.147. The standard InChI is InChI=1S/C39H32ClFN2O4S/c1-24-17-30-36(46-22-29-13-12-28(20-42-29)26-7-3-2-4-8-26)16-15-33-38(30)39(48-24)34(43(33)21-25-11-14-32(41)31(40)18-25)23-47-35-10-6-5-9-27(35)19-37(44)45/h2-16,18,20,24H,17,19,21-23H2,1H3,(H,44,45). The van der Waals surface area contributed by atoms with Gasteiger partial charge in [-0.05, 0) is 53.9 Å². The first-order valence-corrected chi connectivity index (χ1v) is 16.9. The number of carboxylic acid groups (broad SMARTS) is 1. The Labute approximate surface area is 287 Å². The number of carbonyl (C=O) groups is 1. The third-order valence-corrected chi connectivity index (χ3v) is 10.0. The number of rotatable bonds is 11. The second-order valence-corrected chi connectivity index (χ2v) is 13.7. The molecule has 6 nitrogen and oxygen atoms in total. The number of benzene rings is 4. The number of aliphatic carboxylic acids is 1. The van der Waals surface area contributed by atoms with Gasteiger partial charge in [0.05, 0.1) is 28.3 Å². The molecule has 9 heteroatoms. The van der Waals surface area contributed by atoms with E-state index in [1.165, 1.54) is 6.07 Å². The molecule has 0 amide bonds. The number of ether oxygens (including phenoxy) is 2. The second kappa shape index (κ2) is 13.7. The van der Waals surface area contributed by atoms with Gasteiger partial charge in [-0.3, -0.25) is 9.78 Å². The van der Waals surface area contributed by atoms with Crippen LogP contribution in [0.2, 0.25) is 5.02 Å². The van der Waals surface area contributed by atoms with Gasteiger partial charge in [-0.25, -0.2) is 4.39 Å². The fourth-order valence-electron chi connectivity index (χ4n) is 6.21. The van der Waals surface area contributed by atoms with Crippen LogP contribution < -0.4 is 9.47 Å². The van der Waals surface area contributed by atoms with Crippen molar-refractivity contribution in [2.75, 3.05) is 0 Å². The van der Waals surface area contributed by atoms with Gasteiger partial charge in [-0.2, -0.15) is 0 Å². The maximum atomic E-state index is 14.1. The molecule has 0 fully saturated rings. The van der Waals surface area contributed by atoms with E-state index in [0.717, 1.165) is 61.6 Å². The highest BCUT2D eigenvalue weighted by Gasteiger charge is 2.29. The average molecular weight is 679 g/mol. The molecule has 3 heterocycles. The lowest BCUT2D eigenvalue weighted by Crippen LogP contribution is -2.11. The molecule has 0 radical (unpaired) electrons. The predicted molar refractivity (Wildman–Crippen MR) is 188 cm³/mol. The van der Waals surface area contributed by atoms with Gasteiger partial charge in [0.15, 0.2) is 0 Å². The van der Waals surface area contributed by atoms with Crippen molar-refractivity contribution in [1.29, 1.82) is 0 Å². The zero-order valence-electron chi connectivity index (χ0n) is 26.2. The van der Waals surface area contributed by atoms with Crippen molar-refractivity contribution in [3.05, 3.63) is 142 Å². The van der Waals surface area contributed by atoms with Crippen LogP contribution in [0.15, 0.2) is 108 Å². The average Bonchev–Trinajstić information content (AvgIpc) is 3.38. The summed E-state index contributed by atoms with van der Waals surface area (Å²) in [5, 5.41) is 10.9. The van der Waals surface area contributed by atoms with Crippen molar-refractivity contribution in [3.8, 4) is 22.6 Å². The molecule has 2 aromatic heterocycles. The highest BCUT2D eigenvalue weighted by atomic mass is 35.5. The van der Waals surface area contributed by atoms with Crippen LogP contribution in [0.4, 0.5) is 4.39 Å². The highest BCUT2D eigenvalue weighted by Crippen LogP contribution is 2.47. The van der Waals surface area contributed by atoms with Crippen LogP contribution >= 0.6 is 23.4 Å². The molecular formula is C39H32ClFN2O4S. The van der Waals surface area contributed by atoms with Gasteiger partial charge in [0.1, 0.15) is 30.5 Å². The Morgan fingerprint density at radius 2 is 1.75 bits per heavy atom. The fraction of sp³-hybridized carbons (Fsp3) is 0.179. The lowest BCUT2D eigenvalue weighted by atomic mass is 10.0. The number of hydrogen-bond acceptors (Lipinski definition) is 5. The molecule has 7 rings (SSSR count). The highest BCUT2D eigenvalue weighted by molar-refractivity contribution is 8.00. The third-order valence-electron chi connectivity index (χ3n) is 8.48. The molecule has 0 spiro atoms. The smallest absolute Gasteiger partial charge is 0.307 e. The number of carboxylic acids is 1. The van der Waals surface area contributed by atoms with Gasteiger partial charge in [0, 0.05) is 45.0 Å². The number of aromatic nitrogens is 2. The third kappa shape index (κ3) is 6.64. The van der Waals surface area contributed by atoms with Crippen LogP contribution in [-0.4, -0.2) is 25.9 Å². The normalized spacial score (nSPS) is 13.9. The molecule has 48 heavy (non-hydrogen) atoms. The zero-order chi connectivity index (χ0) is 33.2. The van der Waals surface area contributed by atoms with Crippen molar-refractivity contribution in [3.63, 3.8) is 0 Å². The summed E-state index contributed by atoms with van der Waals surface area (Å²) in [5.41, 5.74) is 7.53. The number of para-hydroxylation sites is 1. The van der Waals surface area contributed by atoms with Gasteiger partial charge in [-0.15, -0.1) is 11.8 Å². The summed E-state index contributed by atoms with van der Waals surface area (Å²) in [7, 11) is 0. The molecule has 6 aromatic rings. The first-order chi connectivity index (χ1) is 23.3. The second-order valence-electron chi connectivity index (χ2n) is 11.8. The molecule has 242 valence electrons. The molecule has 0 saturated carbocycles. The molecule has 1 aliphatic heterocycles. The summed E-state index contributed by atoms with van der Waals surface area (Å²) in [6.45, 7) is 3.18. The van der Waals surface area contributed by atoms with Crippen LogP contribution in [0, 0.1) is 5.82 Å². The van der Waals surface area contributed by atoms with E-state index in [9.17, 15) is 14.3 Å². The number of pyridine rings is 1. The van der Waals surface area contributed by atoms with E-state index in [1.54, 1.807) is 36.0 Å². The molecule has 0 bridgehead atoms. The van der Waals surface area contributed by atoms with Crippen LogP contribution in [0.1, 0.15) is 35.0 Å². The van der Waals surface area contributed by atoms with Crippen molar-refractivity contribution in [2.45, 2.75) is 49.7 Å². The number of nitrogens with zero attached hydrogens (tertiary/aromatic N) is 2. The zero-order valence-corrected chi connectivity index (χ0v) is 27.7. The molecule has 1 unspecified atom stereocenters. The Kier molecular flexibility index (Phi) is 9.11. The number of hydrogen-bond donors (Lipinski definition) is 1. The minimum absolute atomic E-state index is 0.0682. The lowest BCUT2D eigenvalue weighted by Gasteiger charge is -2.22. The first-order valence-electron chi connectivity index (χ1n) is 15.7. The Hall–Kier alpha value is -4.79. The van der Waals surface area contributed by atoms with Gasteiger partial charge < -0.3 is 19.1 Å². The van der Waals surface area contributed by atoms with Crippen LogP contribution in [-0.2, 0) is 37.4 Å². The van der Waals surface area contributed by atoms with E-state index in [0.29, 0.717) is 24.5 Å². The lowest BCUT2D eigenvalue weighted by molar-refractivity contribution is -0.136. The minimum Gasteiger partial charge on any atom is -0.487 e. The number of thioether (sulfide) groups is 1. The van der Waals surface area contributed by atoms with Gasteiger partial charge >= 0.3 is 5.97 Å². The summed E-state index contributed by atoms with van der Waals surface area (Å²) in [6.07, 6.45) is 2.56. The Morgan fingerprint density at radius 1 is 0.958 bits per heavy atom. The molecule has 0 aliphatic carbocycles. The Balaban J connectivity index is 1.25. The topological polar surface area (TPSA) is 73.6 Å². The number of halogens is 2. The SMILES string of the molecule is CC1Cc2c(OCc3ccc(-c4ccccc4)cn3)ccc3c2c(c(COc2ccccc2CC(=O)O)n3Cc2ccc(F)c(Cl)c2)S1. The summed E-state index contributed by atoms with van der Waals surface area (Å²) < 4.78 is 29.1. The van der Waals surface area contributed by atoms with Crippen molar-refractivity contribution in [1.82, 2.24) is 9.55 Å². The minimum atomic E-state index is -0.924. The van der Waals surface area contributed by atoms with E-state index >= 15 is 0 Å². The summed E-state index contributed by atoms with van der Waals surface area (Å²) >= 11 is 7.98. The maximum Gasteiger partial charge on any atom is 0.307 e. The molecule has 1 N–H and O–H groups in total. The molecule has 0 saturated heterocycles. The summed E-state index contributed by atoms with van der Waals surface area (Å²) in [6, 6.07) is 30.3. The van der Waals surface area contributed by atoms with Crippen molar-refractivity contribution >= 4 is 40.2 Å². The predicted octanol–water partition coefficient (Wildman–Crippen LogP) is 9.37. The molecule has 1 aliphatic rings. The fourth-order valence-corrected chi connectivity index (χ4v) is 7.72. The van der Waals surface area contributed by atoms with Gasteiger partial charge in [0.2, 0.25) is 0 Å². The van der Waals surface area contributed by atoms with E-state index < -0.39 is 11.8 Å². The Morgan fingerprint density at radius 3 is 2.52 bits per heavy atom. The molecular weight excluding hydrogens is 647 g/mol. The van der Waals surface area contributed by atoms with Crippen molar-refractivity contribution in [2.24, 2.45) is 0 Å². The largest absolute Gasteiger partial charge is 0.487 e. The monoisotopic (exact) mass is 678 g/mol. The maximum absolute atomic E-state index is 14.1. The van der Waals surface area contributed by atoms with Gasteiger partial charge in [0.25, 0.3) is 0 Å². The molecule has 1 atom stereocenters. The molecule has 4 aromatic carbocycles. The first kappa shape index (κ1) is 31.8. The summed E-state index contributed by atoms with van der Waals surface area (Å²) in [5.74, 6) is -0.0522. The summed E-state index contributed by atoms with van der Waals surface area (Å²) in [4.78, 5) is 17.3. The van der Waals surface area contributed by atoms with Crippen LogP contribution in [0.25, 0.3) is 22.0 Å². The van der Waals surface area contributed by atoms with E-state index in [1.807, 2.05) is 48.7 Å².